The van der Waals surface area contributed by atoms with Gasteiger partial charge in [0.2, 0.25) is 0 Å². The molecule has 0 radical (unpaired) electrons. The molecule has 1 aliphatic heterocycles. The number of aliphatic carboxylic acids is 1. The van der Waals surface area contributed by atoms with Crippen LogP contribution in [0.1, 0.15) is 24.8 Å². The number of hydrogen-bond donors (Lipinski definition) is 2. The number of unbranched alkanes of at least 4 members (excludes halogenated alkanes) is 1. The summed E-state index contributed by atoms with van der Waals surface area (Å²) in [5.74, 6) is -0.357. The Labute approximate surface area is 156 Å². The zero-order valence-electron chi connectivity index (χ0n) is 15.7. The molecule has 0 fully saturated rings. The number of rotatable bonds is 6. The van der Waals surface area contributed by atoms with Crippen LogP contribution < -0.4 is 26.2 Å². The van der Waals surface area contributed by atoms with Crippen LogP contribution in [0.4, 0.5) is 22.9 Å². The first-order valence-corrected chi connectivity index (χ1v) is 8.77. The highest BCUT2D eigenvalue weighted by molar-refractivity contribution is 5.80. The van der Waals surface area contributed by atoms with Gasteiger partial charge in [-0.2, -0.15) is 0 Å². The third kappa shape index (κ3) is 3.69. The summed E-state index contributed by atoms with van der Waals surface area (Å²) < 4.78 is 0. The predicted octanol–water partition coefficient (Wildman–Crippen LogP) is 1.21. The fraction of sp³-hybridized carbons (Fsp3) is 0.368. The number of H-pyrrole nitrogens is 1. The molecule has 0 amide bonds. The van der Waals surface area contributed by atoms with Crippen LogP contribution in [0.5, 0.6) is 0 Å². The van der Waals surface area contributed by atoms with Crippen molar-refractivity contribution in [2.24, 2.45) is 4.99 Å². The fourth-order valence-corrected chi connectivity index (χ4v) is 3.25. The lowest BCUT2D eigenvalue weighted by Crippen LogP contribution is -2.42. The average molecular weight is 369 g/mol. The molecule has 0 aliphatic carbocycles. The lowest BCUT2D eigenvalue weighted by molar-refractivity contribution is -0.137. The highest BCUT2D eigenvalue weighted by atomic mass is 16.4. The second-order valence-electron chi connectivity index (χ2n) is 6.82. The number of nitrogens with one attached hydrogen (secondary N) is 1. The number of carboxylic acids is 1. The van der Waals surface area contributed by atoms with Crippen LogP contribution in [0.25, 0.3) is 6.58 Å². The zero-order chi connectivity index (χ0) is 19.7. The minimum absolute atomic E-state index is 0.109. The summed E-state index contributed by atoms with van der Waals surface area (Å²) in [6, 6.07) is 3.98. The molecule has 0 atom stereocenters. The van der Waals surface area contributed by atoms with Crippen molar-refractivity contribution in [3.8, 4) is 0 Å². The molecule has 8 heteroatoms. The summed E-state index contributed by atoms with van der Waals surface area (Å²) >= 11 is 0. The van der Waals surface area contributed by atoms with E-state index in [0.29, 0.717) is 30.9 Å². The van der Waals surface area contributed by atoms with Gasteiger partial charge in [0.15, 0.2) is 11.2 Å². The molecule has 27 heavy (non-hydrogen) atoms. The molecule has 3 rings (SSSR count). The van der Waals surface area contributed by atoms with E-state index < -0.39 is 5.97 Å². The van der Waals surface area contributed by atoms with Crippen molar-refractivity contribution in [2.45, 2.75) is 26.2 Å². The maximum absolute atomic E-state index is 12.4. The van der Waals surface area contributed by atoms with Crippen molar-refractivity contribution in [3.05, 3.63) is 38.9 Å². The average Bonchev–Trinajstić information content (AvgIpc) is 2.57. The number of fused-ring (bicyclic) bond motifs is 2. The molecule has 2 N–H and O–H groups in total. The minimum atomic E-state index is -0.815. The second kappa shape index (κ2) is 7.22. The summed E-state index contributed by atoms with van der Waals surface area (Å²) in [5.41, 5.74) is 3.59. The van der Waals surface area contributed by atoms with Crippen molar-refractivity contribution < 1.29 is 9.90 Å². The Morgan fingerprint density at radius 2 is 2.07 bits per heavy atom. The van der Waals surface area contributed by atoms with E-state index in [1.165, 1.54) is 0 Å². The number of aromatic nitrogens is 2. The maximum Gasteiger partial charge on any atom is 0.303 e. The standard InChI is InChI=1S/C19H23N5O3/c1-11-9-13-15(10-14(11)23(3)4)24(8-6-5-7-16(25)26)18-17(22-13)19(27)21-12(2)20-18/h9-10H,2,5-8H2,1,3-4H3,(H,21,27)(H,25,26). The van der Waals surface area contributed by atoms with E-state index in [1.54, 1.807) is 0 Å². The monoisotopic (exact) mass is 369 g/mol. The topological polar surface area (TPSA) is 102 Å². The highest BCUT2D eigenvalue weighted by Crippen LogP contribution is 2.39. The van der Waals surface area contributed by atoms with Gasteiger partial charge in [0.05, 0.1) is 11.4 Å². The lowest BCUT2D eigenvalue weighted by Gasteiger charge is -2.30. The third-order valence-electron chi connectivity index (χ3n) is 4.50. The molecule has 2 heterocycles. The quantitative estimate of drug-likeness (QED) is 0.742. The molecule has 0 bridgehead atoms. The highest BCUT2D eigenvalue weighted by Gasteiger charge is 2.24. The van der Waals surface area contributed by atoms with Crippen molar-refractivity contribution >= 4 is 35.4 Å². The van der Waals surface area contributed by atoms with Crippen LogP contribution in [0.3, 0.4) is 0 Å². The van der Waals surface area contributed by atoms with E-state index in [0.717, 1.165) is 16.9 Å². The van der Waals surface area contributed by atoms with E-state index >= 15 is 0 Å². The summed E-state index contributed by atoms with van der Waals surface area (Å²) in [5, 5.41) is 9.12. The predicted molar refractivity (Wildman–Crippen MR) is 105 cm³/mol. The van der Waals surface area contributed by atoms with Gasteiger partial charge < -0.3 is 19.9 Å². The molecule has 8 nitrogen and oxygen atoms in total. The number of nitrogens with zero attached hydrogens (tertiary/aromatic N) is 4. The Balaban J connectivity index is 2.12. The minimum Gasteiger partial charge on any atom is -0.481 e. The smallest absolute Gasteiger partial charge is 0.303 e. The van der Waals surface area contributed by atoms with E-state index in [1.807, 2.05) is 43.0 Å². The van der Waals surface area contributed by atoms with Gasteiger partial charge in [-0.3, -0.25) is 9.59 Å². The Bertz CT molecular complexity index is 1060. The van der Waals surface area contributed by atoms with Gasteiger partial charge in [0.1, 0.15) is 5.48 Å². The number of hydrogen-bond acceptors (Lipinski definition) is 6. The van der Waals surface area contributed by atoms with Gasteiger partial charge in [-0.15, -0.1) is 0 Å². The number of aryl methyl sites for hydroxylation is 1. The van der Waals surface area contributed by atoms with Crippen LogP contribution in [0.2, 0.25) is 0 Å². The van der Waals surface area contributed by atoms with Gasteiger partial charge in [-0.05, 0) is 37.5 Å². The van der Waals surface area contributed by atoms with E-state index in [9.17, 15) is 9.59 Å². The zero-order valence-corrected chi connectivity index (χ0v) is 15.7. The molecule has 1 aromatic carbocycles. The molecule has 0 saturated heterocycles. The van der Waals surface area contributed by atoms with Crippen LogP contribution in [-0.4, -0.2) is 41.7 Å². The molecule has 1 aromatic heterocycles. The molecule has 0 saturated carbocycles. The first kappa shape index (κ1) is 18.6. The van der Waals surface area contributed by atoms with Gasteiger partial charge in [0.25, 0.3) is 5.56 Å². The Morgan fingerprint density at radius 3 is 2.74 bits per heavy atom. The molecule has 2 aromatic rings. The van der Waals surface area contributed by atoms with Crippen molar-refractivity contribution in [3.63, 3.8) is 0 Å². The summed E-state index contributed by atoms with van der Waals surface area (Å²) in [6.45, 7) is 6.27. The van der Waals surface area contributed by atoms with Crippen molar-refractivity contribution in [1.29, 1.82) is 0 Å². The van der Waals surface area contributed by atoms with Gasteiger partial charge in [-0.25, -0.2) is 9.98 Å². The van der Waals surface area contributed by atoms with Gasteiger partial charge in [0, 0.05) is 32.7 Å². The van der Waals surface area contributed by atoms with E-state index in [4.69, 9.17) is 5.11 Å². The van der Waals surface area contributed by atoms with Crippen LogP contribution in [-0.2, 0) is 4.79 Å². The molecular weight excluding hydrogens is 346 g/mol. The summed E-state index contributed by atoms with van der Waals surface area (Å²) in [6.07, 6.45) is 1.30. The van der Waals surface area contributed by atoms with Gasteiger partial charge >= 0.3 is 5.97 Å². The molecular formula is C19H23N5O3. The number of benzene rings is 1. The van der Waals surface area contributed by atoms with Crippen LogP contribution in [0, 0.1) is 6.92 Å². The number of aromatic amines is 1. The lowest BCUT2D eigenvalue weighted by atomic mass is 10.1. The number of carbonyl (C=O) groups is 1. The van der Waals surface area contributed by atoms with Crippen molar-refractivity contribution in [1.82, 2.24) is 9.97 Å². The molecule has 0 spiro atoms. The number of carboxylic acid groups (broad SMARTS) is 1. The Hall–Kier alpha value is -3.16. The summed E-state index contributed by atoms with van der Waals surface area (Å²) in [4.78, 5) is 38.7. The molecule has 0 unspecified atom stereocenters. The van der Waals surface area contributed by atoms with E-state index in [-0.39, 0.29) is 22.8 Å². The van der Waals surface area contributed by atoms with Crippen LogP contribution >= 0.6 is 0 Å². The Kier molecular flexibility index (Phi) is 4.98. The van der Waals surface area contributed by atoms with Crippen LogP contribution in [0.15, 0.2) is 21.9 Å². The normalized spacial score (nSPS) is 12.2. The molecule has 142 valence electrons. The largest absolute Gasteiger partial charge is 0.481 e. The third-order valence-corrected chi connectivity index (χ3v) is 4.50. The SMILES string of the molecule is C=c1nc2c(c(=O)[nH]1)=Nc1cc(C)c(N(C)C)cc1N2CCCCC(=O)O. The maximum atomic E-state index is 12.4. The molecule has 1 aliphatic rings. The summed E-state index contributed by atoms with van der Waals surface area (Å²) in [7, 11) is 3.94. The first-order valence-electron chi connectivity index (χ1n) is 8.77. The first-order chi connectivity index (χ1) is 12.8. The van der Waals surface area contributed by atoms with Crippen molar-refractivity contribution in [2.75, 3.05) is 30.4 Å². The van der Waals surface area contributed by atoms with Gasteiger partial charge in [-0.1, -0.05) is 6.58 Å². The fourth-order valence-electron chi connectivity index (χ4n) is 3.25. The second-order valence-corrected chi connectivity index (χ2v) is 6.82. The van der Waals surface area contributed by atoms with E-state index in [2.05, 4.69) is 21.5 Å². The number of anilines is 3. The Morgan fingerprint density at radius 1 is 1.33 bits per heavy atom.